The van der Waals surface area contributed by atoms with Crippen LogP contribution in [-0.2, 0) is 0 Å². The van der Waals surface area contributed by atoms with Crippen molar-refractivity contribution in [2.24, 2.45) is 11.3 Å². The Balaban J connectivity index is 2.89. The van der Waals surface area contributed by atoms with Crippen LogP contribution in [0, 0.1) is 22.7 Å². The molecule has 1 aliphatic carbocycles. The third kappa shape index (κ3) is 1.37. The molecule has 2 heteroatoms. The zero-order valence-corrected chi connectivity index (χ0v) is 7.67. The van der Waals surface area contributed by atoms with Gasteiger partial charge in [-0.1, -0.05) is 20.4 Å². The molecule has 1 N–H and O–H groups in total. The molecule has 0 radical (unpaired) electrons. The molecule has 0 aromatic rings. The van der Waals surface area contributed by atoms with Crippen LogP contribution in [0.5, 0.6) is 0 Å². The average Bonchev–Trinajstić information content (AvgIpc) is 1.99. The standard InChI is InChI=1S/C10H15NO/c1-7-8(6-11)10(2,3)5-4-9(7)12/h8-9,12H,1,4-5H2,2-3H3/t8-,9-/m1/s1. The van der Waals surface area contributed by atoms with Crippen LogP contribution in [0.2, 0.25) is 0 Å². The number of rotatable bonds is 0. The minimum Gasteiger partial charge on any atom is -0.389 e. The third-order valence-electron chi connectivity index (χ3n) is 2.77. The fourth-order valence-electron chi connectivity index (χ4n) is 1.79. The Labute approximate surface area is 73.5 Å². The maximum Gasteiger partial charge on any atom is 0.0760 e. The molecule has 1 saturated carbocycles. The predicted octanol–water partition coefficient (Wildman–Crippen LogP) is 1.86. The molecule has 66 valence electrons. The highest BCUT2D eigenvalue weighted by Crippen LogP contribution is 2.42. The van der Waals surface area contributed by atoms with Crippen LogP contribution in [0.3, 0.4) is 0 Å². The molecule has 0 aliphatic heterocycles. The molecule has 0 saturated heterocycles. The van der Waals surface area contributed by atoms with Gasteiger partial charge in [0.05, 0.1) is 18.1 Å². The second-order valence-corrected chi connectivity index (χ2v) is 4.18. The molecule has 0 spiro atoms. The lowest BCUT2D eigenvalue weighted by molar-refractivity contribution is 0.108. The minimum atomic E-state index is -0.470. The molecule has 2 atom stereocenters. The predicted molar refractivity (Wildman–Crippen MR) is 47.3 cm³/mol. The van der Waals surface area contributed by atoms with E-state index < -0.39 is 6.10 Å². The van der Waals surface area contributed by atoms with Gasteiger partial charge in [0, 0.05) is 0 Å². The summed E-state index contributed by atoms with van der Waals surface area (Å²) < 4.78 is 0. The maximum absolute atomic E-state index is 9.46. The van der Waals surface area contributed by atoms with Gasteiger partial charge in [-0.2, -0.15) is 5.26 Å². The lowest BCUT2D eigenvalue weighted by atomic mass is 9.66. The molecular formula is C10H15NO. The van der Waals surface area contributed by atoms with Crippen molar-refractivity contribution >= 4 is 0 Å². The van der Waals surface area contributed by atoms with Gasteiger partial charge in [-0.3, -0.25) is 0 Å². The monoisotopic (exact) mass is 165 g/mol. The van der Waals surface area contributed by atoms with Gasteiger partial charge < -0.3 is 5.11 Å². The van der Waals surface area contributed by atoms with E-state index in [-0.39, 0.29) is 11.3 Å². The topological polar surface area (TPSA) is 44.0 Å². The molecule has 12 heavy (non-hydrogen) atoms. The first-order valence-electron chi connectivity index (χ1n) is 4.25. The summed E-state index contributed by atoms with van der Waals surface area (Å²) in [6, 6.07) is 2.21. The highest BCUT2D eigenvalue weighted by molar-refractivity contribution is 5.21. The number of hydrogen-bond donors (Lipinski definition) is 1. The van der Waals surface area contributed by atoms with Crippen molar-refractivity contribution in [2.45, 2.75) is 32.8 Å². The largest absolute Gasteiger partial charge is 0.389 e. The van der Waals surface area contributed by atoms with Gasteiger partial charge in [-0.15, -0.1) is 0 Å². The smallest absolute Gasteiger partial charge is 0.0760 e. The van der Waals surface area contributed by atoms with E-state index in [0.29, 0.717) is 5.57 Å². The summed E-state index contributed by atoms with van der Waals surface area (Å²) in [4.78, 5) is 0. The van der Waals surface area contributed by atoms with E-state index in [1.807, 2.05) is 0 Å². The zero-order valence-electron chi connectivity index (χ0n) is 7.67. The average molecular weight is 165 g/mol. The van der Waals surface area contributed by atoms with E-state index >= 15 is 0 Å². The van der Waals surface area contributed by atoms with Gasteiger partial charge in [0.15, 0.2) is 0 Å². The lowest BCUT2D eigenvalue weighted by Crippen LogP contribution is -2.35. The van der Waals surface area contributed by atoms with E-state index in [1.54, 1.807) is 0 Å². The lowest BCUT2D eigenvalue weighted by Gasteiger charge is -2.38. The van der Waals surface area contributed by atoms with Crippen molar-refractivity contribution in [2.75, 3.05) is 0 Å². The van der Waals surface area contributed by atoms with Gasteiger partial charge >= 0.3 is 0 Å². The first-order valence-corrected chi connectivity index (χ1v) is 4.25. The van der Waals surface area contributed by atoms with Crippen molar-refractivity contribution in [3.63, 3.8) is 0 Å². The summed E-state index contributed by atoms with van der Waals surface area (Å²) >= 11 is 0. The summed E-state index contributed by atoms with van der Waals surface area (Å²) in [5.74, 6) is -0.193. The normalized spacial score (nSPS) is 34.3. The van der Waals surface area contributed by atoms with Crippen molar-refractivity contribution in [3.05, 3.63) is 12.2 Å². The number of nitrogens with zero attached hydrogens (tertiary/aromatic N) is 1. The Morgan fingerprint density at radius 3 is 2.67 bits per heavy atom. The molecule has 1 rings (SSSR count). The first kappa shape index (κ1) is 9.28. The minimum absolute atomic E-state index is 0.0228. The van der Waals surface area contributed by atoms with Crippen molar-refractivity contribution in [1.82, 2.24) is 0 Å². The fourth-order valence-corrected chi connectivity index (χ4v) is 1.79. The van der Waals surface area contributed by atoms with Gasteiger partial charge in [-0.05, 0) is 23.8 Å². The maximum atomic E-state index is 9.46. The van der Waals surface area contributed by atoms with Crippen LogP contribution in [-0.4, -0.2) is 11.2 Å². The van der Waals surface area contributed by atoms with Gasteiger partial charge in [0.25, 0.3) is 0 Å². The van der Waals surface area contributed by atoms with E-state index in [0.717, 1.165) is 12.8 Å². The van der Waals surface area contributed by atoms with E-state index in [1.165, 1.54) is 0 Å². The van der Waals surface area contributed by atoms with E-state index in [9.17, 15) is 5.11 Å². The first-order chi connectivity index (χ1) is 5.49. The quantitative estimate of drug-likeness (QED) is 0.557. The molecular weight excluding hydrogens is 150 g/mol. The van der Waals surface area contributed by atoms with Crippen molar-refractivity contribution in [3.8, 4) is 6.07 Å². The second-order valence-electron chi connectivity index (χ2n) is 4.18. The van der Waals surface area contributed by atoms with Gasteiger partial charge in [0.1, 0.15) is 0 Å². The van der Waals surface area contributed by atoms with Crippen LogP contribution < -0.4 is 0 Å². The van der Waals surface area contributed by atoms with Crippen LogP contribution in [0.1, 0.15) is 26.7 Å². The van der Waals surface area contributed by atoms with Gasteiger partial charge in [-0.25, -0.2) is 0 Å². The number of nitriles is 1. The summed E-state index contributed by atoms with van der Waals surface area (Å²) in [6.45, 7) is 7.88. The molecule has 0 amide bonds. The SMILES string of the molecule is C=C1[C@H](O)CCC(C)(C)[C@@H]1C#N. The Bertz CT molecular complexity index is 237. The number of aliphatic hydroxyl groups is 1. The molecule has 1 aliphatic rings. The summed E-state index contributed by atoms with van der Waals surface area (Å²) in [7, 11) is 0. The summed E-state index contributed by atoms with van der Waals surface area (Å²) in [6.07, 6.45) is 1.16. The Hall–Kier alpha value is -0.810. The number of hydrogen-bond acceptors (Lipinski definition) is 2. The van der Waals surface area contributed by atoms with Crippen LogP contribution >= 0.6 is 0 Å². The fraction of sp³-hybridized carbons (Fsp3) is 0.700. The Morgan fingerprint density at radius 1 is 1.67 bits per heavy atom. The van der Waals surface area contributed by atoms with Crippen molar-refractivity contribution in [1.29, 1.82) is 5.26 Å². The van der Waals surface area contributed by atoms with Crippen molar-refractivity contribution < 1.29 is 5.11 Å². The van der Waals surface area contributed by atoms with E-state index in [4.69, 9.17) is 5.26 Å². The van der Waals surface area contributed by atoms with Crippen LogP contribution in [0.25, 0.3) is 0 Å². The molecule has 0 aromatic heterocycles. The molecule has 1 fully saturated rings. The molecule has 2 nitrogen and oxygen atoms in total. The van der Waals surface area contributed by atoms with Gasteiger partial charge in [0.2, 0.25) is 0 Å². The van der Waals surface area contributed by atoms with E-state index in [2.05, 4.69) is 26.5 Å². The molecule has 0 bridgehead atoms. The second kappa shape index (κ2) is 2.91. The highest BCUT2D eigenvalue weighted by Gasteiger charge is 2.38. The summed E-state index contributed by atoms with van der Waals surface area (Å²) in [5, 5.41) is 18.4. The zero-order chi connectivity index (χ0) is 9.35. The third-order valence-corrected chi connectivity index (χ3v) is 2.77. The molecule has 0 heterocycles. The summed E-state index contributed by atoms with van der Waals surface area (Å²) in [5.41, 5.74) is 0.666. The van der Waals surface area contributed by atoms with Crippen LogP contribution in [0.15, 0.2) is 12.2 Å². The molecule has 0 unspecified atom stereocenters. The Morgan fingerprint density at radius 2 is 2.25 bits per heavy atom. The number of aliphatic hydroxyl groups excluding tert-OH is 1. The Kier molecular flexibility index (Phi) is 2.25. The molecule has 0 aromatic carbocycles. The van der Waals surface area contributed by atoms with Crippen LogP contribution in [0.4, 0.5) is 0 Å². The highest BCUT2D eigenvalue weighted by atomic mass is 16.3.